The van der Waals surface area contributed by atoms with Crippen LogP contribution in [0.4, 0.5) is 5.13 Å². The van der Waals surface area contributed by atoms with E-state index >= 15 is 0 Å². The number of anilines is 1. The molecule has 0 unspecified atom stereocenters. The van der Waals surface area contributed by atoms with Crippen LogP contribution in [0.5, 0.6) is 0 Å². The van der Waals surface area contributed by atoms with Crippen molar-refractivity contribution in [1.82, 2.24) is 4.98 Å². The van der Waals surface area contributed by atoms with Crippen LogP contribution in [0.15, 0.2) is 3.79 Å². The van der Waals surface area contributed by atoms with Crippen molar-refractivity contribution in [2.45, 2.75) is 19.3 Å². The molecule has 2 heterocycles. The molecule has 1 aliphatic rings. The molecule has 0 amide bonds. The van der Waals surface area contributed by atoms with E-state index in [-0.39, 0.29) is 0 Å². The maximum absolute atomic E-state index is 10.6. The summed E-state index contributed by atoms with van der Waals surface area (Å²) in [6.07, 6.45) is 4.57. The predicted molar refractivity (Wildman–Crippen MR) is 61.3 cm³/mol. The Bertz CT molecular complexity index is 334. The average molecular weight is 275 g/mol. The minimum Gasteiger partial charge on any atom is -0.348 e. The van der Waals surface area contributed by atoms with Gasteiger partial charge in [0.15, 0.2) is 11.4 Å². The van der Waals surface area contributed by atoms with E-state index in [9.17, 15) is 4.79 Å². The molecule has 76 valence electrons. The first-order valence-electron chi connectivity index (χ1n) is 4.67. The van der Waals surface area contributed by atoms with Gasteiger partial charge in [-0.3, -0.25) is 4.79 Å². The standard InChI is InChI=1S/C9H11BrN2OS/c10-8-7(6-13)11-9(14-8)12-4-2-1-3-5-12/h6H,1-5H2. The van der Waals surface area contributed by atoms with E-state index in [0.717, 1.165) is 28.3 Å². The van der Waals surface area contributed by atoms with E-state index in [1.807, 2.05) is 0 Å². The molecular formula is C9H11BrN2OS. The normalized spacial score (nSPS) is 17.1. The van der Waals surface area contributed by atoms with Gasteiger partial charge in [-0.25, -0.2) is 4.98 Å². The molecule has 0 radical (unpaired) electrons. The van der Waals surface area contributed by atoms with Crippen molar-refractivity contribution in [2.75, 3.05) is 18.0 Å². The molecule has 5 heteroatoms. The topological polar surface area (TPSA) is 33.2 Å². The highest BCUT2D eigenvalue weighted by Crippen LogP contribution is 2.31. The lowest BCUT2D eigenvalue weighted by atomic mass is 10.1. The van der Waals surface area contributed by atoms with Gasteiger partial charge < -0.3 is 4.90 Å². The molecule has 0 saturated carbocycles. The van der Waals surface area contributed by atoms with Crippen molar-refractivity contribution in [1.29, 1.82) is 0 Å². The Balaban J connectivity index is 2.18. The summed E-state index contributed by atoms with van der Waals surface area (Å²) in [6, 6.07) is 0. The molecule has 0 atom stereocenters. The number of hydrogen-bond donors (Lipinski definition) is 0. The Morgan fingerprint density at radius 2 is 2.07 bits per heavy atom. The third-order valence-electron chi connectivity index (χ3n) is 2.34. The number of aldehydes is 1. The summed E-state index contributed by atoms with van der Waals surface area (Å²) in [4.78, 5) is 17.2. The van der Waals surface area contributed by atoms with Crippen molar-refractivity contribution >= 4 is 38.7 Å². The molecule has 1 aliphatic heterocycles. The highest BCUT2D eigenvalue weighted by atomic mass is 79.9. The van der Waals surface area contributed by atoms with Crippen molar-refractivity contribution in [3.63, 3.8) is 0 Å². The van der Waals surface area contributed by atoms with Crippen LogP contribution in [0, 0.1) is 0 Å². The molecule has 1 aromatic heterocycles. The Kier molecular flexibility index (Phi) is 3.18. The number of nitrogens with zero attached hydrogens (tertiary/aromatic N) is 2. The summed E-state index contributed by atoms with van der Waals surface area (Å²) in [6.45, 7) is 2.14. The van der Waals surface area contributed by atoms with Crippen LogP contribution in [0.25, 0.3) is 0 Å². The summed E-state index contributed by atoms with van der Waals surface area (Å²) in [5, 5.41) is 0.971. The first kappa shape index (κ1) is 10.1. The highest BCUT2D eigenvalue weighted by Gasteiger charge is 2.16. The van der Waals surface area contributed by atoms with Crippen LogP contribution in [0.1, 0.15) is 29.8 Å². The Morgan fingerprint density at radius 3 is 2.64 bits per heavy atom. The second-order valence-electron chi connectivity index (χ2n) is 3.32. The number of aromatic nitrogens is 1. The van der Waals surface area contributed by atoms with Crippen molar-refractivity contribution in [3.8, 4) is 0 Å². The van der Waals surface area contributed by atoms with Crippen LogP contribution in [-0.2, 0) is 0 Å². The van der Waals surface area contributed by atoms with E-state index in [1.54, 1.807) is 11.3 Å². The number of carbonyl (C=O) groups excluding carboxylic acids is 1. The molecule has 3 nitrogen and oxygen atoms in total. The van der Waals surface area contributed by atoms with Gasteiger partial charge in [0.05, 0.1) is 0 Å². The van der Waals surface area contributed by atoms with E-state index in [1.165, 1.54) is 19.3 Å². The van der Waals surface area contributed by atoms with Crippen LogP contribution in [0.2, 0.25) is 0 Å². The third-order valence-corrected chi connectivity index (χ3v) is 4.15. The third kappa shape index (κ3) is 1.98. The SMILES string of the molecule is O=Cc1nc(N2CCCCC2)sc1Br. The predicted octanol–water partition coefficient (Wildman–Crippen LogP) is 2.71. The monoisotopic (exact) mass is 274 g/mol. The minimum absolute atomic E-state index is 0.524. The molecule has 14 heavy (non-hydrogen) atoms. The second-order valence-corrected chi connectivity index (χ2v) is 5.62. The average Bonchev–Trinajstić information content (AvgIpc) is 2.61. The largest absolute Gasteiger partial charge is 0.348 e. The molecule has 1 aromatic rings. The minimum atomic E-state index is 0.524. The van der Waals surface area contributed by atoms with E-state index < -0.39 is 0 Å². The fourth-order valence-electron chi connectivity index (χ4n) is 1.60. The molecule has 0 spiro atoms. The van der Waals surface area contributed by atoms with Crippen LogP contribution < -0.4 is 4.90 Å². The molecule has 2 rings (SSSR count). The number of hydrogen-bond acceptors (Lipinski definition) is 4. The Hall–Kier alpha value is -0.420. The lowest BCUT2D eigenvalue weighted by Gasteiger charge is -2.25. The first-order chi connectivity index (χ1) is 6.81. The molecule has 0 aliphatic carbocycles. The van der Waals surface area contributed by atoms with E-state index in [4.69, 9.17) is 0 Å². The Labute approximate surface area is 95.3 Å². The van der Waals surface area contributed by atoms with Crippen molar-refractivity contribution in [3.05, 3.63) is 9.48 Å². The molecule has 0 N–H and O–H groups in total. The molecule has 1 fully saturated rings. The number of halogens is 1. The smallest absolute Gasteiger partial charge is 0.187 e. The van der Waals surface area contributed by atoms with Gasteiger partial charge in [0, 0.05) is 13.1 Å². The summed E-state index contributed by atoms with van der Waals surface area (Å²) in [7, 11) is 0. The number of carbonyl (C=O) groups is 1. The summed E-state index contributed by atoms with van der Waals surface area (Å²) in [5.41, 5.74) is 0.524. The Morgan fingerprint density at radius 1 is 1.36 bits per heavy atom. The van der Waals surface area contributed by atoms with Gasteiger partial charge in [-0.2, -0.15) is 0 Å². The summed E-state index contributed by atoms with van der Waals surface area (Å²) in [5.74, 6) is 0. The maximum atomic E-state index is 10.6. The lowest BCUT2D eigenvalue weighted by Crippen LogP contribution is -2.29. The molecule has 0 aromatic carbocycles. The molecular weight excluding hydrogens is 264 g/mol. The fourth-order valence-corrected chi connectivity index (χ4v) is 3.03. The van der Waals surface area contributed by atoms with Gasteiger partial charge in [0.25, 0.3) is 0 Å². The van der Waals surface area contributed by atoms with E-state index in [0.29, 0.717) is 5.69 Å². The van der Waals surface area contributed by atoms with Crippen LogP contribution in [-0.4, -0.2) is 24.4 Å². The van der Waals surface area contributed by atoms with Gasteiger partial charge >= 0.3 is 0 Å². The van der Waals surface area contributed by atoms with Crippen LogP contribution >= 0.6 is 27.3 Å². The quantitative estimate of drug-likeness (QED) is 0.778. The van der Waals surface area contributed by atoms with Gasteiger partial charge in [0.2, 0.25) is 0 Å². The zero-order chi connectivity index (χ0) is 9.97. The van der Waals surface area contributed by atoms with Gasteiger partial charge in [0.1, 0.15) is 9.48 Å². The number of piperidine rings is 1. The van der Waals surface area contributed by atoms with Gasteiger partial charge in [-0.1, -0.05) is 11.3 Å². The van der Waals surface area contributed by atoms with Crippen LogP contribution in [0.3, 0.4) is 0 Å². The lowest BCUT2D eigenvalue weighted by molar-refractivity contribution is 0.111. The summed E-state index contributed by atoms with van der Waals surface area (Å²) < 4.78 is 0.841. The fraction of sp³-hybridized carbons (Fsp3) is 0.556. The molecule has 1 saturated heterocycles. The molecule has 0 bridgehead atoms. The summed E-state index contributed by atoms with van der Waals surface area (Å²) >= 11 is 4.89. The number of thiazole rings is 1. The first-order valence-corrected chi connectivity index (χ1v) is 6.28. The zero-order valence-electron chi connectivity index (χ0n) is 7.70. The zero-order valence-corrected chi connectivity index (χ0v) is 10.1. The van der Waals surface area contributed by atoms with Gasteiger partial charge in [-0.15, -0.1) is 0 Å². The highest BCUT2D eigenvalue weighted by molar-refractivity contribution is 9.11. The van der Waals surface area contributed by atoms with Crippen molar-refractivity contribution < 1.29 is 4.79 Å². The number of rotatable bonds is 2. The van der Waals surface area contributed by atoms with Gasteiger partial charge in [-0.05, 0) is 35.2 Å². The van der Waals surface area contributed by atoms with E-state index in [2.05, 4.69) is 25.8 Å². The second kappa shape index (κ2) is 4.40. The van der Waals surface area contributed by atoms with Crippen molar-refractivity contribution in [2.24, 2.45) is 0 Å². The maximum Gasteiger partial charge on any atom is 0.187 e.